The zero-order valence-electron chi connectivity index (χ0n) is 18.2. The monoisotopic (exact) mass is 423 g/mol. The van der Waals surface area contributed by atoms with Gasteiger partial charge in [-0.1, -0.05) is 26.0 Å². The molecule has 0 bridgehead atoms. The smallest absolute Gasteiger partial charge is 0.262 e. The number of nitrogens with zero attached hydrogens (tertiary/aromatic N) is 1. The van der Waals surface area contributed by atoms with Crippen LogP contribution in [0.1, 0.15) is 25.8 Å². The van der Waals surface area contributed by atoms with Gasteiger partial charge in [0.25, 0.3) is 5.91 Å². The molecule has 0 aliphatic carbocycles. The van der Waals surface area contributed by atoms with E-state index in [0.717, 1.165) is 11.3 Å². The normalized spacial score (nSPS) is 15.8. The molecule has 1 aliphatic heterocycles. The molecule has 164 valence electrons. The third kappa shape index (κ3) is 6.31. The third-order valence-electron chi connectivity index (χ3n) is 5.00. The lowest BCUT2D eigenvalue weighted by atomic mass is 10.1. The van der Waals surface area contributed by atoms with E-state index in [1.165, 1.54) is 0 Å². The number of aryl methyl sites for hydroxylation is 1. The van der Waals surface area contributed by atoms with Gasteiger partial charge in [0.1, 0.15) is 5.75 Å². The first-order valence-corrected chi connectivity index (χ1v) is 10.5. The summed E-state index contributed by atoms with van der Waals surface area (Å²) in [7, 11) is 0. The van der Waals surface area contributed by atoms with E-state index < -0.39 is 0 Å². The minimum Gasteiger partial charge on any atom is -0.484 e. The Kier molecular flexibility index (Phi) is 7.28. The second kappa shape index (κ2) is 10.1. The minimum atomic E-state index is -0.340. The van der Waals surface area contributed by atoms with Crippen molar-refractivity contribution in [2.24, 2.45) is 11.8 Å². The summed E-state index contributed by atoms with van der Waals surface area (Å²) in [5.74, 6) is 0.150. The van der Waals surface area contributed by atoms with E-state index in [-0.39, 0.29) is 36.7 Å². The molecule has 1 aliphatic rings. The van der Waals surface area contributed by atoms with E-state index >= 15 is 0 Å². The average Bonchev–Trinajstić information content (AvgIpc) is 3.12. The topological polar surface area (TPSA) is 87.7 Å². The SMILES string of the molecule is Cc1cccc(NC(=O)COc2ccc(N3C[C@H](C(=O)NCC(C)C)CC3=O)cc2)c1. The highest BCUT2D eigenvalue weighted by Crippen LogP contribution is 2.27. The summed E-state index contributed by atoms with van der Waals surface area (Å²) in [6.07, 6.45) is 0.210. The second-order valence-electron chi connectivity index (χ2n) is 8.24. The average molecular weight is 424 g/mol. The molecule has 1 heterocycles. The summed E-state index contributed by atoms with van der Waals surface area (Å²) in [5.41, 5.74) is 2.50. The van der Waals surface area contributed by atoms with Crippen molar-refractivity contribution in [1.82, 2.24) is 5.32 Å². The molecule has 0 saturated carbocycles. The second-order valence-corrected chi connectivity index (χ2v) is 8.24. The maximum absolute atomic E-state index is 12.4. The number of carbonyl (C=O) groups excluding carboxylic acids is 3. The lowest BCUT2D eigenvalue weighted by Crippen LogP contribution is -2.35. The summed E-state index contributed by atoms with van der Waals surface area (Å²) in [4.78, 5) is 38.4. The van der Waals surface area contributed by atoms with Gasteiger partial charge < -0.3 is 20.3 Å². The number of amides is 3. The maximum Gasteiger partial charge on any atom is 0.262 e. The molecule has 1 atom stereocenters. The van der Waals surface area contributed by atoms with Crippen LogP contribution in [0.2, 0.25) is 0 Å². The summed E-state index contributed by atoms with van der Waals surface area (Å²) in [5, 5.41) is 5.69. The fourth-order valence-corrected chi connectivity index (χ4v) is 3.37. The van der Waals surface area contributed by atoms with Crippen LogP contribution in [0, 0.1) is 18.8 Å². The quantitative estimate of drug-likeness (QED) is 0.683. The van der Waals surface area contributed by atoms with E-state index in [1.54, 1.807) is 29.2 Å². The molecule has 0 spiro atoms. The number of rotatable bonds is 8. The number of hydrogen-bond donors (Lipinski definition) is 2. The highest BCUT2D eigenvalue weighted by atomic mass is 16.5. The van der Waals surface area contributed by atoms with Crippen LogP contribution in [0.5, 0.6) is 5.75 Å². The van der Waals surface area contributed by atoms with Crippen molar-refractivity contribution in [1.29, 1.82) is 0 Å². The van der Waals surface area contributed by atoms with Gasteiger partial charge >= 0.3 is 0 Å². The summed E-state index contributed by atoms with van der Waals surface area (Å²) in [6.45, 7) is 6.87. The number of hydrogen-bond acceptors (Lipinski definition) is 4. The van der Waals surface area contributed by atoms with Gasteiger partial charge in [-0.15, -0.1) is 0 Å². The third-order valence-corrected chi connectivity index (χ3v) is 5.00. The Morgan fingerprint density at radius 3 is 2.58 bits per heavy atom. The Bertz CT molecular complexity index is 940. The number of nitrogens with one attached hydrogen (secondary N) is 2. The van der Waals surface area contributed by atoms with E-state index in [0.29, 0.717) is 30.4 Å². The first-order chi connectivity index (χ1) is 14.8. The van der Waals surface area contributed by atoms with Crippen LogP contribution in [0.25, 0.3) is 0 Å². The fraction of sp³-hybridized carbons (Fsp3) is 0.375. The Hall–Kier alpha value is -3.35. The maximum atomic E-state index is 12.4. The molecule has 2 N–H and O–H groups in total. The first kappa shape index (κ1) is 22.3. The van der Waals surface area contributed by atoms with Crippen LogP contribution in [-0.4, -0.2) is 37.4 Å². The van der Waals surface area contributed by atoms with Gasteiger partial charge in [-0.2, -0.15) is 0 Å². The standard InChI is InChI=1S/C24H29N3O4/c1-16(2)13-25-24(30)18-12-23(29)27(14-18)20-7-9-21(10-8-20)31-15-22(28)26-19-6-4-5-17(3)11-19/h4-11,16,18H,12-15H2,1-3H3,(H,25,30)(H,26,28)/t18-/m1/s1. The predicted molar refractivity (Wildman–Crippen MR) is 120 cm³/mol. The largest absolute Gasteiger partial charge is 0.484 e. The lowest BCUT2D eigenvalue weighted by Gasteiger charge is -2.17. The Labute approximate surface area is 182 Å². The van der Waals surface area contributed by atoms with Crippen LogP contribution >= 0.6 is 0 Å². The van der Waals surface area contributed by atoms with Crippen LogP contribution in [0.4, 0.5) is 11.4 Å². The molecule has 2 aromatic rings. The molecule has 7 heteroatoms. The molecule has 1 fully saturated rings. The molecule has 2 aromatic carbocycles. The van der Waals surface area contributed by atoms with Gasteiger partial charge in [-0.05, 0) is 54.8 Å². The molecule has 0 radical (unpaired) electrons. The van der Waals surface area contributed by atoms with Crippen molar-refractivity contribution < 1.29 is 19.1 Å². The molecular weight excluding hydrogens is 394 g/mol. The molecule has 1 saturated heterocycles. The van der Waals surface area contributed by atoms with Crippen molar-refractivity contribution in [3.63, 3.8) is 0 Å². The highest BCUT2D eigenvalue weighted by molar-refractivity contribution is 6.00. The van der Waals surface area contributed by atoms with E-state index in [1.807, 2.05) is 45.0 Å². The minimum absolute atomic E-state index is 0.0732. The van der Waals surface area contributed by atoms with Gasteiger partial charge in [0.15, 0.2) is 6.61 Å². The number of anilines is 2. The molecule has 3 amide bonds. The zero-order valence-corrected chi connectivity index (χ0v) is 18.2. The molecule has 31 heavy (non-hydrogen) atoms. The van der Waals surface area contributed by atoms with Crippen molar-refractivity contribution in [2.45, 2.75) is 27.2 Å². The van der Waals surface area contributed by atoms with Crippen molar-refractivity contribution >= 4 is 29.1 Å². The van der Waals surface area contributed by atoms with Crippen molar-refractivity contribution in [3.8, 4) is 5.75 Å². The molecular formula is C24H29N3O4. The van der Waals surface area contributed by atoms with Crippen LogP contribution < -0.4 is 20.3 Å². The number of ether oxygens (including phenoxy) is 1. The van der Waals surface area contributed by atoms with Crippen LogP contribution in [0.3, 0.4) is 0 Å². The number of carbonyl (C=O) groups is 3. The first-order valence-electron chi connectivity index (χ1n) is 10.5. The van der Waals surface area contributed by atoms with Crippen molar-refractivity contribution in [2.75, 3.05) is 29.9 Å². The molecule has 7 nitrogen and oxygen atoms in total. The zero-order chi connectivity index (χ0) is 22.4. The fourth-order valence-electron chi connectivity index (χ4n) is 3.37. The van der Waals surface area contributed by atoms with Crippen LogP contribution in [-0.2, 0) is 14.4 Å². The Morgan fingerprint density at radius 1 is 1.16 bits per heavy atom. The Morgan fingerprint density at radius 2 is 1.90 bits per heavy atom. The summed E-state index contributed by atoms with van der Waals surface area (Å²) < 4.78 is 5.55. The highest BCUT2D eigenvalue weighted by Gasteiger charge is 2.35. The predicted octanol–water partition coefficient (Wildman–Crippen LogP) is 3.14. The van der Waals surface area contributed by atoms with Crippen LogP contribution in [0.15, 0.2) is 48.5 Å². The van der Waals surface area contributed by atoms with Gasteiger partial charge in [-0.3, -0.25) is 14.4 Å². The van der Waals surface area contributed by atoms with E-state index in [9.17, 15) is 14.4 Å². The van der Waals surface area contributed by atoms with E-state index in [2.05, 4.69) is 10.6 Å². The summed E-state index contributed by atoms with van der Waals surface area (Å²) >= 11 is 0. The van der Waals surface area contributed by atoms with Gasteiger partial charge in [0, 0.05) is 30.9 Å². The number of benzene rings is 2. The lowest BCUT2D eigenvalue weighted by molar-refractivity contribution is -0.126. The molecule has 3 rings (SSSR count). The summed E-state index contributed by atoms with van der Waals surface area (Å²) in [6, 6.07) is 14.5. The van der Waals surface area contributed by atoms with Gasteiger partial charge in [0.05, 0.1) is 5.92 Å². The van der Waals surface area contributed by atoms with E-state index in [4.69, 9.17) is 4.74 Å². The van der Waals surface area contributed by atoms with Gasteiger partial charge in [-0.25, -0.2) is 0 Å². The molecule has 0 unspecified atom stereocenters. The molecule has 0 aromatic heterocycles. The van der Waals surface area contributed by atoms with Crippen molar-refractivity contribution in [3.05, 3.63) is 54.1 Å². The van der Waals surface area contributed by atoms with Gasteiger partial charge in [0.2, 0.25) is 11.8 Å². The Balaban J connectivity index is 1.51.